The third-order valence-electron chi connectivity index (χ3n) is 3.74. The Morgan fingerprint density at radius 2 is 2.17 bits per heavy atom. The number of carbonyl (C=O) groups is 1. The van der Waals surface area contributed by atoms with E-state index >= 15 is 0 Å². The van der Waals surface area contributed by atoms with Crippen LogP contribution in [0, 0.1) is 0 Å². The van der Waals surface area contributed by atoms with E-state index in [0.29, 0.717) is 12.3 Å². The molecule has 8 heteroatoms. The number of carbonyl (C=O) groups excluding carboxylic acids is 1. The van der Waals surface area contributed by atoms with Crippen LogP contribution in [0.3, 0.4) is 0 Å². The van der Waals surface area contributed by atoms with Crippen LogP contribution in [0.25, 0.3) is 0 Å². The number of halogens is 3. The minimum atomic E-state index is -4.47. The van der Waals surface area contributed by atoms with E-state index in [9.17, 15) is 18.0 Å². The van der Waals surface area contributed by atoms with E-state index in [1.165, 1.54) is 25.3 Å². The number of piperidine rings is 1. The quantitative estimate of drug-likeness (QED) is 0.831. The van der Waals surface area contributed by atoms with E-state index in [4.69, 9.17) is 9.47 Å². The second-order valence-corrected chi connectivity index (χ2v) is 5.62. The van der Waals surface area contributed by atoms with Gasteiger partial charge in [0.25, 0.3) is 5.91 Å². The predicted octanol–water partition coefficient (Wildman–Crippen LogP) is 2.51. The summed E-state index contributed by atoms with van der Waals surface area (Å²) in [4.78, 5) is 12.3. The second kappa shape index (κ2) is 8.23. The summed E-state index contributed by atoms with van der Waals surface area (Å²) < 4.78 is 46.8. The van der Waals surface area contributed by atoms with Gasteiger partial charge >= 0.3 is 6.18 Å². The molecule has 1 unspecified atom stereocenters. The number of nitrogens with one attached hydrogen (secondary N) is 2. The average molecular weight is 346 g/mol. The maximum atomic E-state index is 12.4. The summed E-state index contributed by atoms with van der Waals surface area (Å²) in [5, 5.41) is 6.03. The first-order valence-electron chi connectivity index (χ1n) is 7.78. The van der Waals surface area contributed by atoms with Crippen molar-refractivity contribution in [3.8, 4) is 11.5 Å². The minimum absolute atomic E-state index is 0.0226. The molecule has 0 aromatic heterocycles. The number of alkyl halides is 3. The summed E-state index contributed by atoms with van der Waals surface area (Å²) in [6.45, 7) is -0.141. The van der Waals surface area contributed by atoms with Crippen LogP contribution < -0.4 is 20.1 Å². The molecule has 1 amide bonds. The highest BCUT2D eigenvalue weighted by Gasteiger charge is 2.29. The molecule has 1 aliphatic rings. The Morgan fingerprint density at radius 1 is 1.38 bits per heavy atom. The van der Waals surface area contributed by atoms with Crippen LogP contribution in [-0.2, 0) is 0 Å². The molecule has 0 bridgehead atoms. The lowest BCUT2D eigenvalue weighted by atomic mass is 10.0. The lowest BCUT2D eigenvalue weighted by Gasteiger charge is -2.23. The Balaban J connectivity index is 2.05. The second-order valence-electron chi connectivity index (χ2n) is 5.62. The third-order valence-corrected chi connectivity index (χ3v) is 3.74. The maximum Gasteiger partial charge on any atom is 0.422 e. The van der Waals surface area contributed by atoms with Gasteiger partial charge in [0.05, 0.1) is 12.7 Å². The van der Waals surface area contributed by atoms with Gasteiger partial charge in [-0.2, -0.15) is 13.2 Å². The van der Waals surface area contributed by atoms with E-state index in [2.05, 4.69) is 10.6 Å². The molecule has 1 atom stereocenters. The molecule has 1 aromatic carbocycles. The fraction of sp³-hybridized carbons (Fsp3) is 0.562. The molecule has 134 valence electrons. The van der Waals surface area contributed by atoms with Crippen LogP contribution in [0.5, 0.6) is 11.5 Å². The summed E-state index contributed by atoms with van der Waals surface area (Å²) in [7, 11) is 1.42. The number of ether oxygens (including phenoxy) is 2. The van der Waals surface area contributed by atoms with E-state index in [0.717, 1.165) is 25.8 Å². The Hall–Kier alpha value is -1.96. The average Bonchev–Trinajstić information content (AvgIpc) is 2.58. The topological polar surface area (TPSA) is 59.6 Å². The highest BCUT2D eigenvalue weighted by Crippen LogP contribution is 2.26. The molecule has 1 aliphatic heterocycles. The molecule has 0 spiro atoms. The zero-order valence-corrected chi connectivity index (χ0v) is 13.4. The standard InChI is InChI=1S/C16H21F3N2O3/c1-23-12-5-6-14(24-10-16(17,18)19)13(8-12)15(22)21-9-11-4-2-3-7-20-11/h5-6,8,11,20H,2-4,7,9-10H2,1H3,(H,21,22). The summed E-state index contributed by atoms with van der Waals surface area (Å²) >= 11 is 0. The van der Waals surface area contributed by atoms with Crippen LogP contribution in [0.4, 0.5) is 13.2 Å². The van der Waals surface area contributed by atoms with Crippen molar-refractivity contribution in [2.45, 2.75) is 31.5 Å². The molecule has 5 nitrogen and oxygen atoms in total. The molecule has 1 saturated heterocycles. The number of hydrogen-bond acceptors (Lipinski definition) is 4. The van der Waals surface area contributed by atoms with E-state index in [1.54, 1.807) is 0 Å². The normalized spacial score (nSPS) is 18.1. The lowest BCUT2D eigenvalue weighted by Crippen LogP contribution is -2.43. The van der Waals surface area contributed by atoms with Crippen LogP contribution in [-0.4, -0.2) is 44.9 Å². The van der Waals surface area contributed by atoms with Crippen molar-refractivity contribution >= 4 is 5.91 Å². The Labute approximate surface area is 138 Å². The molecule has 1 heterocycles. The SMILES string of the molecule is COc1ccc(OCC(F)(F)F)c(C(=O)NCC2CCCCN2)c1. The first-order chi connectivity index (χ1) is 11.4. The van der Waals surface area contributed by atoms with Gasteiger partial charge in [-0.15, -0.1) is 0 Å². The summed E-state index contributed by atoms with van der Waals surface area (Å²) in [5.41, 5.74) is 0.0226. The van der Waals surface area contributed by atoms with Crippen LogP contribution >= 0.6 is 0 Å². The molecule has 0 saturated carbocycles. The van der Waals surface area contributed by atoms with Crippen LogP contribution in [0.15, 0.2) is 18.2 Å². The van der Waals surface area contributed by atoms with Crippen LogP contribution in [0.2, 0.25) is 0 Å². The Bertz CT molecular complexity index is 558. The molecule has 0 radical (unpaired) electrons. The third kappa shape index (κ3) is 5.59. The van der Waals surface area contributed by atoms with E-state index in [-0.39, 0.29) is 17.4 Å². The largest absolute Gasteiger partial charge is 0.497 e. The van der Waals surface area contributed by atoms with Gasteiger partial charge in [-0.1, -0.05) is 6.42 Å². The molecular weight excluding hydrogens is 325 g/mol. The molecule has 24 heavy (non-hydrogen) atoms. The molecule has 2 N–H and O–H groups in total. The fourth-order valence-electron chi connectivity index (χ4n) is 2.51. The summed E-state index contributed by atoms with van der Waals surface area (Å²) in [6, 6.07) is 4.30. The smallest absolute Gasteiger partial charge is 0.422 e. The Kier molecular flexibility index (Phi) is 6.30. The van der Waals surface area contributed by atoms with Crippen molar-refractivity contribution in [3.63, 3.8) is 0 Å². The predicted molar refractivity (Wildman–Crippen MR) is 82.5 cm³/mol. The molecule has 1 aromatic rings. The van der Waals surface area contributed by atoms with Gasteiger partial charge in [0.2, 0.25) is 0 Å². The molecule has 2 rings (SSSR count). The number of amides is 1. The van der Waals surface area contributed by atoms with Crippen molar-refractivity contribution in [3.05, 3.63) is 23.8 Å². The molecule has 0 aliphatic carbocycles. The van der Waals surface area contributed by atoms with Gasteiger partial charge in [0.15, 0.2) is 6.61 Å². The molecule has 1 fully saturated rings. The first-order valence-corrected chi connectivity index (χ1v) is 7.78. The monoisotopic (exact) mass is 346 g/mol. The van der Waals surface area contributed by atoms with Crippen molar-refractivity contribution in [1.29, 1.82) is 0 Å². The highest BCUT2D eigenvalue weighted by molar-refractivity contribution is 5.97. The number of hydrogen-bond donors (Lipinski definition) is 2. The maximum absolute atomic E-state index is 12.4. The van der Waals surface area contributed by atoms with Gasteiger partial charge < -0.3 is 20.1 Å². The van der Waals surface area contributed by atoms with Gasteiger partial charge in [-0.3, -0.25) is 4.79 Å². The van der Waals surface area contributed by atoms with E-state index in [1.807, 2.05) is 0 Å². The molecular formula is C16H21F3N2O3. The van der Waals surface area contributed by atoms with E-state index < -0.39 is 18.7 Å². The zero-order chi connectivity index (χ0) is 17.6. The van der Waals surface area contributed by atoms with Crippen molar-refractivity contribution in [1.82, 2.24) is 10.6 Å². The number of benzene rings is 1. The van der Waals surface area contributed by atoms with Gasteiger partial charge in [0, 0.05) is 12.6 Å². The fourth-order valence-corrected chi connectivity index (χ4v) is 2.51. The number of rotatable bonds is 6. The van der Waals surface area contributed by atoms with Gasteiger partial charge in [0.1, 0.15) is 11.5 Å². The first kappa shape index (κ1) is 18.4. The Morgan fingerprint density at radius 3 is 2.79 bits per heavy atom. The van der Waals surface area contributed by atoms with Crippen LogP contribution in [0.1, 0.15) is 29.6 Å². The minimum Gasteiger partial charge on any atom is -0.497 e. The van der Waals surface area contributed by atoms with Crippen molar-refractivity contribution in [2.24, 2.45) is 0 Å². The highest BCUT2D eigenvalue weighted by atomic mass is 19.4. The summed E-state index contributed by atoms with van der Waals surface area (Å²) in [5.74, 6) is -0.240. The number of methoxy groups -OCH3 is 1. The summed E-state index contributed by atoms with van der Waals surface area (Å²) in [6.07, 6.45) is -1.32. The van der Waals surface area contributed by atoms with Gasteiger partial charge in [-0.25, -0.2) is 0 Å². The lowest BCUT2D eigenvalue weighted by molar-refractivity contribution is -0.153. The zero-order valence-electron chi connectivity index (χ0n) is 13.4. The van der Waals surface area contributed by atoms with Crippen molar-refractivity contribution in [2.75, 3.05) is 26.8 Å². The van der Waals surface area contributed by atoms with Crippen molar-refractivity contribution < 1.29 is 27.4 Å². The van der Waals surface area contributed by atoms with Gasteiger partial charge in [-0.05, 0) is 37.6 Å².